The predicted octanol–water partition coefficient (Wildman–Crippen LogP) is 19.3. The maximum atomic E-state index is 14.9. The number of nitriles is 5. The van der Waals surface area contributed by atoms with Crippen LogP contribution in [0.15, 0.2) is 224 Å². The van der Waals surface area contributed by atoms with Crippen molar-refractivity contribution >= 4 is 43.6 Å². The molecule has 0 bridgehead atoms. The van der Waals surface area contributed by atoms with E-state index in [1.807, 2.05) is 106 Å². The molecule has 11 aromatic carbocycles. The molecule has 0 spiro atoms. The first-order chi connectivity index (χ1) is 41.6. The number of alkyl halides is 6. The number of aromatic nitrogens is 2. The van der Waals surface area contributed by atoms with Gasteiger partial charge in [0.15, 0.2) is 0 Å². The van der Waals surface area contributed by atoms with E-state index in [9.17, 15) is 52.7 Å². The molecule has 86 heavy (non-hydrogen) atoms. The standard InChI is InChI=1S/C73H37F6N7/c74-72(75,76)57-30-56(31-58(36-57)73(77,78)79)60-19-18-59(85-67-21-14-52(48-9-1-5-43(25-48)38-80)32-63(67)64-33-53(15-22-68(64)85)49-10-2-6-44(26-49)39-81)37-61(60)62-29-47(42-84)13-20-69(62)86-70-23-16-54(50-11-3-7-45(27-50)40-82)34-65(70)66-35-55(17-24-71(66)86)51-12-4-8-46(28-51)41-83/h1-37H. The van der Waals surface area contributed by atoms with Crippen molar-refractivity contribution in [1.82, 2.24) is 9.13 Å². The number of benzene rings is 11. The summed E-state index contributed by atoms with van der Waals surface area (Å²) in [6.45, 7) is 0. The van der Waals surface area contributed by atoms with Gasteiger partial charge in [-0.2, -0.15) is 52.7 Å². The molecule has 0 aliphatic rings. The Morgan fingerprint density at radius 3 is 0.977 bits per heavy atom. The van der Waals surface area contributed by atoms with Gasteiger partial charge in [-0.15, -0.1) is 0 Å². The SMILES string of the molecule is N#Cc1cccc(-c2ccc3c(c2)c2cc(-c4cccc(C#N)c4)ccc2n3-c2ccc(-c3cc(C(F)(F)F)cc(C(F)(F)F)c3)c(-c3cc(C#N)ccc3-n3c4ccc(-c5cccc(C#N)c5)cc4c4cc(-c5cccc(C#N)c5)ccc43)c2)c1. The van der Waals surface area contributed by atoms with Crippen LogP contribution in [-0.4, -0.2) is 9.13 Å². The number of halogens is 6. The molecule has 0 atom stereocenters. The Hall–Kier alpha value is -12.0. The van der Waals surface area contributed by atoms with E-state index in [4.69, 9.17) is 0 Å². The number of rotatable bonds is 8. The lowest BCUT2D eigenvalue weighted by molar-refractivity contribution is -0.143. The minimum Gasteiger partial charge on any atom is -0.309 e. The fourth-order valence-corrected chi connectivity index (χ4v) is 11.6. The molecule has 13 aromatic rings. The predicted molar refractivity (Wildman–Crippen MR) is 321 cm³/mol. The van der Waals surface area contributed by atoms with Crippen LogP contribution in [0, 0.1) is 56.7 Å². The molecule has 406 valence electrons. The third kappa shape index (κ3) is 9.46. The fourth-order valence-electron chi connectivity index (χ4n) is 11.6. The van der Waals surface area contributed by atoms with Gasteiger partial charge in [-0.25, -0.2) is 0 Å². The van der Waals surface area contributed by atoms with E-state index >= 15 is 0 Å². The molecule has 13 heteroatoms. The second kappa shape index (κ2) is 20.8. The monoisotopic (exact) mass is 1130 g/mol. The first kappa shape index (κ1) is 53.4. The van der Waals surface area contributed by atoms with Crippen LogP contribution < -0.4 is 0 Å². The van der Waals surface area contributed by atoms with E-state index in [1.54, 1.807) is 103 Å². The van der Waals surface area contributed by atoms with Crippen molar-refractivity contribution in [2.24, 2.45) is 0 Å². The Morgan fingerprint density at radius 2 is 0.616 bits per heavy atom. The first-order valence-corrected chi connectivity index (χ1v) is 26.8. The molecule has 0 aliphatic heterocycles. The average molecular weight is 1130 g/mol. The number of hydrogen-bond donors (Lipinski definition) is 0. The molecule has 7 nitrogen and oxygen atoms in total. The Kier molecular flexibility index (Phi) is 12.9. The number of nitrogens with zero attached hydrogens (tertiary/aromatic N) is 7. The van der Waals surface area contributed by atoms with Crippen LogP contribution in [0.5, 0.6) is 0 Å². The van der Waals surface area contributed by atoms with Crippen LogP contribution in [-0.2, 0) is 12.4 Å². The van der Waals surface area contributed by atoms with Crippen LogP contribution in [0.3, 0.4) is 0 Å². The van der Waals surface area contributed by atoms with E-state index in [-0.39, 0.29) is 28.3 Å². The van der Waals surface area contributed by atoms with Gasteiger partial charge in [0.25, 0.3) is 0 Å². The second-order valence-corrected chi connectivity index (χ2v) is 20.7. The third-order valence-corrected chi connectivity index (χ3v) is 15.6. The maximum absolute atomic E-state index is 14.9. The van der Waals surface area contributed by atoms with Crippen LogP contribution in [0.1, 0.15) is 38.9 Å². The largest absolute Gasteiger partial charge is 0.416 e. The van der Waals surface area contributed by atoms with Gasteiger partial charge in [0, 0.05) is 32.8 Å². The van der Waals surface area contributed by atoms with E-state index < -0.39 is 23.5 Å². The summed E-state index contributed by atoms with van der Waals surface area (Å²) in [5, 5.41) is 53.1. The minimum absolute atomic E-state index is 0.00173. The van der Waals surface area contributed by atoms with Gasteiger partial charge in [-0.1, -0.05) is 78.9 Å². The van der Waals surface area contributed by atoms with Gasteiger partial charge in [0.2, 0.25) is 0 Å². The molecule has 0 aliphatic carbocycles. The van der Waals surface area contributed by atoms with E-state index in [2.05, 4.69) is 30.3 Å². The maximum Gasteiger partial charge on any atom is 0.416 e. The summed E-state index contributed by atoms with van der Waals surface area (Å²) in [5.74, 6) is 0. The summed E-state index contributed by atoms with van der Waals surface area (Å²) in [6, 6.07) is 74.4. The summed E-state index contributed by atoms with van der Waals surface area (Å²) in [6.07, 6.45) is -10.4. The molecule has 0 saturated heterocycles. The highest BCUT2D eigenvalue weighted by molar-refractivity contribution is 6.14. The van der Waals surface area contributed by atoms with E-state index in [0.717, 1.165) is 66.1 Å². The van der Waals surface area contributed by atoms with Crippen molar-refractivity contribution in [3.8, 4) is 108 Å². The fraction of sp³-hybridized carbons (Fsp3) is 0.0274. The topological polar surface area (TPSA) is 129 Å². The Labute approximate surface area is 487 Å². The molecular weight excluding hydrogens is 1090 g/mol. The van der Waals surface area contributed by atoms with Crippen LogP contribution in [0.4, 0.5) is 26.3 Å². The summed E-state index contributed by atoms with van der Waals surface area (Å²) >= 11 is 0. The normalized spacial score (nSPS) is 11.5. The van der Waals surface area contributed by atoms with Gasteiger partial charge in [-0.3, -0.25) is 0 Å². The molecule has 0 N–H and O–H groups in total. The quantitative estimate of drug-likeness (QED) is 0.140. The highest BCUT2D eigenvalue weighted by Gasteiger charge is 2.37. The Morgan fingerprint density at radius 1 is 0.267 bits per heavy atom. The van der Waals surface area contributed by atoms with Crippen molar-refractivity contribution < 1.29 is 26.3 Å². The second-order valence-electron chi connectivity index (χ2n) is 20.7. The number of fused-ring (bicyclic) bond motifs is 6. The summed E-state index contributed by atoms with van der Waals surface area (Å²) in [4.78, 5) is 0. The molecule has 0 radical (unpaired) electrons. The van der Waals surface area contributed by atoms with Crippen LogP contribution in [0.2, 0.25) is 0 Å². The highest BCUT2D eigenvalue weighted by Crippen LogP contribution is 2.47. The molecule has 0 fully saturated rings. The first-order valence-electron chi connectivity index (χ1n) is 26.8. The van der Waals surface area contributed by atoms with Crippen molar-refractivity contribution in [2.45, 2.75) is 12.4 Å². The molecule has 2 heterocycles. The van der Waals surface area contributed by atoms with Crippen molar-refractivity contribution in [2.75, 3.05) is 0 Å². The van der Waals surface area contributed by atoms with Gasteiger partial charge < -0.3 is 9.13 Å². The lowest BCUT2D eigenvalue weighted by atomic mass is 9.90. The van der Waals surface area contributed by atoms with Crippen molar-refractivity contribution in [1.29, 1.82) is 26.3 Å². The van der Waals surface area contributed by atoms with Crippen molar-refractivity contribution in [3.05, 3.63) is 263 Å². The Balaban J connectivity index is 1.12. The lowest BCUT2D eigenvalue weighted by Gasteiger charge is -2.21. The van der Waals surface area contributed by atoms with Crippen LogP contribution >= 0.6 is 0 Å². The zero-order chi connectivity index (χ0) is 59.6. The summed E-state index contributed by atoms with van der Waals surface area (Å²) in [5.41, 5.74) is 8.86. The van der Waals surface area contributed by atoms with Gasteiger partial charge in [0.05, 0.1) is 97.0 Å². The molecule has 13 rings (SSSR count). The van der Waals surface area contributed by atoms with Gasteiger partial charge in [-0.05, 0) is 207 Å². The Bertz CT molecular complexity index is 4980. The van der Waals surface area contributed by atoms with Gasteiger partial charge in [0.1, 0.15) is 0 Å². The zero-order valence-corrected chi connectivity index (χ0v) is 44.8. The molecule has 2 aromatic heterocycles. The lowest BCUT2D eigenvalue weighted by Crippen LogP contribution is -2.11. The van der Waals surface area contributed by atoms with Gasteiger partial charge >= 0.3 is 12.4 Å². The minimum atomic E-state index is -5.18. The van der Waals surface area contributed by atoms with E-state index in [1.165, 1.54) is 6.07 Å². The zero-order valence-electron chi connectivity index (χ0n) is 44.8. The molecular formula is C73H37F6N7. The summed E-state index contributed by atoms with van der Waals surface area (Å²) < 4.78 is 93.3. The highest BCUT2D eigenvalue weighted by atomic mass is 19.4. The summed E-state index contributed by atoms with van der Waals surface area (Å²) in [7, 11) is 0. The van der Waals surface area contributed by atoms with E-state index in [0.29, 0.717) is 73.4 Å². The average Bonchev–Trinajstić information content (AvgIpc) is 1.92. The molecule has 0 saturated carbocycles. The van der Waals surface area contributed by atoms with Crippen LogP contribution in [0.25, 0.3) is 122 Å². The van der Waals surface area contributed by atoms with Crippen molar-refractivity contribution in [3.63, 3.8) is 0 Å². The molecule has 0 amide bonds. The molecule has 0 unspecified atom stereocenters. The number of hydrogen-bond acceptors (Lipinski definition) is 5. The smallest absolute Gasteiger partial charge is 0.309 e. The third-order valence-electron chi connectivity index (χ3n) is 15.6.